The summed E-state index contributed by atoms with van der Waals surface area (Å²) >= 11 is 0. The van der Waals surface area contributed by atoms with Crippen molar-refractivity contribution in [2.75, 3.05) is 20.1 Å². The zero-order chi connectivity index (χ0) is 19.2. The Morgan fingerprint density at radius 3 is 2.63 bits per heavy atom. The molecule has 5 nitrogen and oxygen atoms in total. The molecule has 27 heavy (non-hydrogen) atoms. The van der Waals surface area contributed by atoms with E-state index in [1.165, 1.54) is 19.3 Å². The van der Waals surface area contributed by atoms with Gasteiger partial charge in [-0.3, -0.25) is 9.59 Å². The lowest BCUT2D eigenvalue weighted by atomic mass is 9.79. The number of aryl methyl sites for hydroxylation is 1. The molecule has 1 saturated heterocycles. The number of furan rings is 1. The monoisotopic (exact) mass is 372 g/mol. The van der Waals surface area contributed by atoms with Gasteiger partial charge in [-0.2, -0.15) is 0 Å². The molecule has 0 bridgehead atoms. The fraction of sp³-hybridized carbons (Fsp3) is 0.727. The zero-order valence-electron chi connectivity index (χ0n) is 17.0. The summed E-state index contributed by atoms with van der Waals surface area (Å²) in [6, 6.07) is 0.406. The predicted octanol–water partition coefficient (Wildman–Crippen LogP) is 3.98. The van der Waals surface area contributed by atoms with E-state index in [1.54, 1.807) is 0 Å². The van der Waals surface area contributed by atoms with Gasteiger partial charge in [0.2, 0.25) is 0 Å². The zero-order valence-corrected chi connectivity index (χ0v) is 17.0. The molecule has 1 amide bonds. The van der Waals surface area contributed by atoms with Gasteiger partial charge in [-0.05, 0) is 46.2 Å². The lowest BCUT2D eigenvalue weighted by Gasteiger charge is -2.41. The average molecular weight is 373 g/mol. The van der Waals surface area contributed by atoms with Crippen LogP contribution >= 0.6 is 0 Å². The Kier molecular flexibility index (Phi) is 4.91. The van der Waals surface area contributed by atoms with Gasteiger partial charge < -0.3 is 14.2 Å². The summed E-state index contributed by atoms with van der Waals surface area (Å²) in [6.45, 7) is 5.82. The molecule has 5 heteroatoms. The van der Waals surface area contributed by atoms with Crippen molar-refractivity contribution in [3.8, 4) is 0 Å². The van der Waals surface area contributed by atoms with Gasteiger partial charge in [-0.1, -0.05) is 26.2 Å². The fourth-order valence-corrected chi connectivity index (χ4v) is 5.53. The summed E-state index contributed by atoms with van der Waals surface area (Å²) in [6.07, 6.45) is 9.04. The van der Waals surface area contributed by atoms with Gasteiger partial charge in [0, 0.05) is 36.5 Å². The molecule has 148 valence electrons. The van der Waals surface area contributed by atoms with Crippen LogP contribution in [0, 0.1) is 6.92 Å². The molecule has 2 aliphatic carbocycles. The van der Waals surface area contributed by atoms with E-state index in [0.29, 0.717) is 23.8 Å². The number of likely N-dealkylation sites (N-methyl/N-ethyl adjacent to an activating group) is 1. The number of carbonyl (C=O) groups is 2. The van der Waals surface area contributed by atoms with E-state index in [2.05, 4.69) is 23.8 Å². The normalized spacial score (nSPS) is 24.7. The average Bonchev–Trinajstić information content (AvgIpc) is 3.20. The highest BCUT2D eigenvalue weighted by molar-refractivity contribution is 6.03. The predicted molar refractivity (Wildman–Crippen MR) is 104 cm³/mol. The van der Waals surface area contributed by atoms with Gasteiger partial charge in [0.25, 0.3) is 5.91 Å². The molecule has 2 heterocycles. The van der Waals surface area contributed by atoms with Crippen LogP contribution in [0.2, 0.25) is 0 Å². The molecule has 3 aliphatic rings. The number of ketones is 1. The smallest absolute Gasteiger partial charge is 0.290 e. The molecule has 2 fully saturated rings. The van der Waals surface area contributed by atoms with Crippen LogP contribution in [0.1, 0.15) is 90.5 Å². The summed E-state index contributed by atoms with van der Waals surface area (Å²) in [4.78, 5) is 30.5. The maximum absolute atomic E-state index is 13.6. The first kappa shape index (κ1) is 18.7. The summed E-state index contributed by atoms with van der Waals surface area (Å²) in [5.74, 6) is 1.28. The maximum Gasteiger partial charge on any atom is 0.290 e. The van der Waals surface area contributed by atoms with Crippen LogP contribution in [0.4, 0.5) is 0 Å². The van der Waals surface area contributed by atoms with E-state index >= 15 is 0 Å². The number of amides is 1. The third-order valence-corrected chi connectivity index (χ3v) is 7.23. The number of nitrogens with zero attached hydrogens (tertiary/aromatic N) is 2. The third-order valence-electron chi connectivity index (χ3n) is 7.23. The second kappa shape index (κ2) is 7.08. The van der Waals surface area contributed by atoms with Crippen molar-refractivity contribution in [1.29, 1.82) is 0 Å². The van der Waals surface area contributed by atoms with Crippen LogP contribution in [0.3, 0.4) is 0 Å². The Morgan fingerprint density at radius 1 is 1.22 bits per heavy atom. The van der Waals surface area contributed by atoms with E-state index in [1.807, 2.05) is 6.92 Å². The minimum absolute atomic E-state index is 0.00334. The summed E-state index contributed by atoms with van der Waals surface area (Å²) < 4.78 is 6.01. The SMILES string of the molecule is CCN(C)[C@@H]1CN(C(=O)c2oc3c(c2C)C(=O)CCC3)C2(CCCCC2)C1. The van der Waals surface area contributed by atoms with E-state index in [-0.39, 0.29) is 17.2 Å². The Labute approximate surface area is 162 Å². The van der Waals surface area contributed by atoms with Gasteiger partial charge in [-0.15, -0.1) is 0 Å². The van der Waals surface area contributed by atoms with Crippen LogP contribution in [-0.2, 0) is 6.42 Å². The lowest BCUT2D eigenvalue weighted by molar-refractivity contribution is 0.0465. The number of Topliss-reactive ketones (excluding diaryl/α,β-unsaturated/α-hetero) is 1. The van der Waals surface area contributed by atoms with Crippen molar-refractivity contribution < 1.29 is 14.0 Å². The van der Waals surface area contributed by atoms with Crippen molar-refractivity contribution >= 4 is 11.7 Å². The van der Waals surface area contributed by atoms with E-state index in [4.69, 9.17) is 4.42 Å². The quantitative estimate of drug-likeness (QED) is 0.805. The van der Waals surface area contributed by atoms with Crippen LogP contribution in [0.25, 0.3) is 0 Å². The number of hydrogen-bond donors (Lipinski definition) is 0. The Balaban J connectivity index is 1.68. The van der Waals surface area contributed by atoms with E-state index in [0.717, 1.165) is 56.5 Å². The summed E-state index contributed by atoms with van der Waals surface area (Å²) in [5.41, 5.74) is 1.41. The molecule has 1 aliphatic heterocycles. The molecule has 0 unspecified atom stereocenters. The Morgan fingerprint density at radius 2 is 1.96 bits per heavy atom. The first-order chi connectivity index (χ1) is 13.0. The van der Waals surface area contributed by atoms with E-state index < -0.39 is 0 Å². The van der Waals surface area contributed by atoms with Crippen molar-refractivity contribution in [2.45, 2.75) is 83.2 Å². The largest absolute Gasteiger partial charge is 0.455 e. The molecular weight excluding hydrogens is 340 g/mol. The molecule has 1 spiro atoms. The third kappa shape index (κ3) is 3.04. The van der Waals surface area contributed by atoms with Crippen molar-refractivity contribution in [3.63, 3.8) is 0 Å². The van der Waals surface area contributed by atoms with Crippen LogP contribution in [0.5, 0.6) is 0 Å². The molecule has 1 atom stereocenters. The minimum atomic E-state index is -0.0345. The van der Waals surface area contributed by atoms with Gasteiger partial charge in [0.1, 0.15) is 5.76 Å². The van der Waals surface area contributed by atoms with Crippen LogP contribution < -0.4 is 0 Å². The number of likely N-dealkylation sites (tertiary alicyclic amines) is 1. The molecule has 0 radical (unpaired) electrons. The van der Waals surface area contributed by atoms with Crippen LogP contribution in [0.15, 0.2) is 4.42 Å². The topological polar surface area (TPSA) is 53.8 Å². The summed E-state index contributed by atoms with van der Waals surface area (Å²) in [7, 11) is 2.16. The second-order valence-electron chi connectivity index (χ2n) is 8.76. The molecule has 0 N–H and O–H groups in total. The van der Waals surface area contributed by atoms with Gasteiger partial charge >= 0.3 is 0 Å². The highest BCUT2D eigenvalue weighted by Gasteiger charge is 2.50. The first-order valence-electron chi connectivity index (χ1n) is 10.6. The standard InChI is InChI=1S/C22H32N2O3/c1-4-23(3)16-13-22(11-6-5-7-12-22)24(14-16)21(26)20-15(2)19-17(25)9-8-10-18(19)27-20/h16H,4-14H2,1-3H3/t16-/m0/s1. The number of rotatable bonds is 3. The highest BCUT2D eigenvalue weighted by Crippen LogP contribution is 2.44. The molecule has 4 rings (SSSR count). The van der Waals surface area contributed by atoms with Gasteiger partial charge in [0.05, 0.1) is 5.56 Å². The van der Waals surface area contributed by atoms with Gasteiger partial charge in [0.15, 0.2) is 11.5 Å². The molecular formula is C22H32N2O3. The highest BCUT2D eigenvalue weighted by atomic mass is 16.4. The number of carbonyl (C=O) groups excluding carboxylic acids is 2. The molecule has 1 aromatic rings. The van der Waals surface area contributed by atoms with Crippen molar-refractivity contribution in [3.05, 3.63) is 22.6 Å². The fourth-order valence-electron chi connectivity index (χ4n) is 5.53. The minimum Gasteiger partial charge on any atom is -0.455 e. The first-order valence-corrected chi connectivity index (χ1v) is 10.6. The molecule has 0 aromatic carbocycles. The molecule has 1 aromatic heterocycles. The number of fused-ring (bicyclic) bond motifs is 1. The van der Waals surface area contributed by atoms with Crippen LogP contribution in [-0.4, -0.2) is 53.2 Å². The van der Waals surface area contributed by atoms with Crippen molar-refractivity contribution in [2.24, 2.45) is 0 Å². The van der Waals surface area contributed by atoms with E-state index in [9.17, 15) is 9.59 Å². The Bertz CT molecular complexity index is 745. The summed E-state index contributed by atoms with van der Waals surface area (Å²) in [5, 5.41) is 0. The second-order valence-corrected chi connectivity index (χ2v) is 8.76. The Hall–Kier alpha value is -1.62. The lowest BCUT2D eigenvalue weighted by Crippen LogP contribution is -2.48. The number of hydrogen-bond acceptors (Lipinski definition) is 4. The van der Waals surface area contributed by atoms with Crippen molar-refractivity contribution in [1.82, 2.24) is 9.80 Å². The van der Waals surface area contributed by atoms with Gasteiger partial charge in [-0.25, -0.2) is 0 Å². The maximum atomic E-state index is 13.6. The molecule has 1 saturated carbocycles.